The highest BCUT2D eigenvalue weighted by Gasteiger charge is 2.34. The molecule has 126 valence electrons. The Bertz CT molecular complexity index is 398. The van der Waals surface area contributed by atoms with E-state index in [4.69, 9.17) is 5.11 Å². The van der Waals surface area contributed by atoms with Crippen molar-refractivity contribution in [3.05, 3.63) is 0 Å². The Labute approximate surface area is 132 Å². The third-order valence-electron chi connectivity index (χ3n) is 4.88. The van der Waals surface area contributed by atoms with Crippen molar-refractivity contribution in [2.75, 3.05) is 33.2 Å². The van der Waals surface area contributed by atoms with Crippen molar-refractivity contribution in [2.24, 2.45) is 0 Å². The van der Waals surface area contributed by atoms with Crippen LogP contribution in [0.15, 0.2) is 0 Å². The smallest absolute Gasteiger partial charge is 0.317 e. The molecule has 1 heterocycles. The van der Waals surface area contributed by atoms with E-state index in [1.807, 2.05) is 11.8 Å². The first-order valence-electron chi connectivity index (χ1n) is 8.20. The number of hydrogen-bond acceptors (Lipinski definition) is 4. The Kier molecular flexibility index (Phi) is 6.02. The van der Waals surface area contributed by atoms with E-state index in [1.165, 1.54) is 6.42 Å². The number of carboxylic acid groups (broad SMARTS) is 1. The number of carbonyl (C=O) groups excluding carboxylic acids is 1. The predicted octanol–water partition coefficient (Wildman–Crippen LogP) is 0.317. The summed E-state index contributed by atoms with van der Waals surface area (Å²) in [6.45, 7) is 4.57. The molecule has 0 aromatic heterocycles. The molecule has 7 heteroatoms. The maximum atomic E-state index is 11.9. The Morgan fingerprint density at radius 3 is 2.64 bits per heavy atom. The van der Waals surface area contributed by atoms with Gasteiger partial charge in [0, 0.05) is 24.7 Å². The van der Waals surface area contributed by atoms with Crippen LogP contribution >= 0.6 is 0 Å². The lowest BCUT2D eigenvalue weighted by Gasteiger charge is -2.42. The summed E-state index contributed by atoms with van der Waals surface area (Å²) in [5, 5.41) is 14.8. The molecule has 7 nitrogen and oxygen atoms in total. The van der Waals surface area contributed by atoms with Crippen molar-refractivity contribution in [2.45, 2.75) is 50.7 Å². The zero-order valence-corrected chi connectivity index (χ0v) is 13.5. The van der Waals surface area contributed by atoms with Gasteiger partial charge in [-0.15, -0.1) is 0 Å². The van der Waals surface area contributed by atoms with Gasteiger partial charge in [0.2, 0.25) is 0 Å². The lowest BCUT2D eigenvalue weighted by Crippen LogP contribution is -2.56. The lowest BCUT2D eigenvalue weighted by atomic mass is 9.85. The normalized spacial score (nSPS) is 28.4. The molecule has 0 radical (unpaired) electrons. The zero-order chi connectivity index (χ0) is 16.1. The standard InChI is InChI=1S/C15H28N4O3/c1-3-19(10-14(20)21)13-7-11(8-13)17-15(22)16-9-12-5-4-6-18(12)2/h11-13H,3-10H2,1-2H3,(H,20,21)(H2,16,17,22). The van der Waals surface area contributed by atoms with Crippen LogP contribution in [0.1, 0.15) is 32.6 Å². The molecular formula is C15H28N4O3. The monoisotopic (exact) mass is 312 g/mol. The van der Waals surface area contributed by atoms with Gasteiger partial charge in [0.1, 0.15) is 0 Å². The highest BCUT2D eigenvalue weighted by atomic mass is 16.4. The van der Waals surface area contributed by atoms with Crippen molar-refractivity contribution in [3.63, 3.8) is 0 Å². The molecule has 1 aliphatic heterocycles. The first-order chi connectivity index (χ1) is 10.5. The molecule has 22 heavy (non-hydrogen) atoms. The summed E-state index contributed by atoms with van der Waals surface area (Å²) in [5.41, 5.74) is 0. The Balaban J connectivity index is 1.62. The van der Waals surface area contributed by atoms with Crippen molar-refractivity contribution in [3.8, 4) is 0 Å². The molecule has 1 saturated heterocycles. The molecule has 1 atom stereocenters. The molecule has 0 aromatic rings. The van der Waals surface area contributed by atoms with E-state index in [0.717, 1.165) is 32.4 Å². The fourth-order valence-electron chi connectivity index (χ4n) is 3.36. The first kappa shape index (κ1) is 17.0. The van der Waals surface area contributed by atoms with E-state index in [-0.39, 0.29) is 24.7 Å². The molecule has 1 unspecified atom stereocenters. The van der Waals surface area contributed by atoms with Crippen LogP contribution in [0.5, 0.6) is 0 Å². The molecule has 2 rings (SSSR count). The second-order valence-corrected chi connectivity index (χ2v) is 6.41. The average Bonchev–Trinajstić information content (AvgIpc) is 2.83. The summed E-state index contributed by atoms with van der Waals surface area (Å²) in [6, 6.07) is 0.776. The Morgan fingerprint density at radius 1 is 1.36 bits per heavy atom. The quantitative estimate of drug-likeness (QED) is 0.630. The van der Waals surface area contributed by atoms with Crippen LogP contribution in [0.3, 0.4) is 0 Å². The summed E-state index contributed by atoms with van der Waals surface area (Å²) in [4.78, 5) is 26.9. The highest BCUT2D eigenvalue weighted by Crippen LogP contribution is 2.25. The number of amides is 2. The molecular weight excluding hydrogens is 284 g/mol. The summed E-state index contributed by atoms with van der Waals surface area (Å²) in [7, 11) is 2.09. The third-order valence-corrected chi connectivity index (χ3v) is 4.88. The van der Waals surface area contributed by atoms with E-state index in [9.17, 15) is 9.59 Å². The van der Waals surface area contributed by atoms with Gasteiger partial charge in [-0.1, -0.05) is 6.92 Å². The minimum absolute atomic E-state index is 0.0775. The van der Waals surface area contributed by atoms with Gasteiger partial charge in [-0.2, -0.15) is 0 Å². The number of carboxylic acids is 1. The van der Waals surface area contributed by atoms with Gasteiger partial charge in [0.15, 0.2) is 0 Å². The third kappa shape index (κ3) is 4.58. The van der Waals surface area contributed by atoms with Crippen LogP contribution in [0, 0.1) is 0 Å². The van der Waals surface area contributed by atoms with Crippen LogP contribution in [-0.2, 0) is 4.79 Å². The molecule has 1 saturated carbocycles. The van der Waals surface area contributed by atoms with E-state index >= 15 is 0 Å². The summed E-state index contributed by atoms with van der Waals surface area (Å²) < 4.78 is 0. The second-order valence-electron chi connectivity index (χ2n) is 6.41. The maximum absolute atomic E-state index is 11.9. The number of urea groups is 1. The largest absolute Gasteiger partial charge is 0.480 e. The molecule has 1 aliphatic carbocycles. The van der Waals surface area contributed by atoms with E-state index in [2.05, 4.69) is 22.6 Å². The van der Waals surface area contributed by atoms with Crippen LogP contribution in [-0.4, -0.2) is 78.3 Å². The van der Waals surface area contributed by atoms with Gasteiger partial charge in [-0.3, -0.25) is 9.69 Å². The Hall–Kier alpha value is -1.34. The van der Waals surface area contributed by atoms with Crippen molar-refractivity contribution in [1.82, 2.24) is 20.4 Å². The number of nitrogens with one attached hydrogen (secondary N) is 2. The fraction of sp³-hybridized carbons (Fsp3) is 0.867. The number of hydrogen-bond donors (Lipinski definition) is 3. The van der Waals surface area contributed by atoms with Crippen LogP contribution in [0.2, 0.25) is 0 Å². The lowest BCUT2D eigenvalue weighted by molar-refractivity contribution is -0.139. The number of aliphatic carboxylic acids is 1. The van der Waals surface area contributed by atoms with Gasteiger partial charge < -0.3 is 20.6 Å². The SMILES string of the molecule is CCN(CC(=O)O)C1CC(NC(=O)NCC2CCCN2C)C1. The molecule has 0 bridgehead atoms. The maximum Gasteiger partial charge on any atom is 0.317 e. The number of carbonyl (C=O) groups is 2. The molecule has 2 amide bonds. The van der Waals surface area contributed by atoms with Crippen molar-refractivity contribution in [1.29, 1.82) is 0 Å². The summed E-state index contributed by atoms with van der Waals surface area (Å²) in [6.07, 6.45) is 4.00. The molecule has 2 aliphatic rings. The molecule has 0 spiro atoms. The molecule has 2 fully saturated rings. The number of likely N-dealkylation sites (tertiary alicyclic amines) is 1. The average molecular weight is 312 g/mol. The minimum Gasteiger partial charge on any atom is -0.480 e. The molecule has 3 N–H and O–H groups in total. The minimum atomic E-state index is -0.795. The van der Waals surface area contributed by atoms with E-state index < -0.39 is 5.97 Å². The second kappa shape index (κ2) is 7.78. The van der Waals surface area contributed by atoms with E-state index in [0.29, 0.717) is 12.6 Å². The zero-order valence-electron chi connectivity index (χ0n) is 13.5. The topological polar surface area (TPSA) is 84.9 Å². The van der Waals surface area contributed by atoms with Gasteiger partial charge in [0.25, 0.3) is 0 Å². The van der Waals surface area contributed by atoms with Crippen LogP contribution in [0.25, 0.3) is 0 Å². The van der Waals surface area contributed by atoms with Gasteiger partial charge >= 0.3 is 12.0 Å². The number of rotatable bonds is 7. The summed E-state index contributed by atoms with van der Waals surface area (Å²) >= 11 is 0. The highest BCUT2D eigenvalue weighted by molar-refractivity contribution is 5.74. The number of nitrogens with zero attached hydrogens (tertiary/aromatic N) is 2. The van der Waals surface area contributed by atoms with E-state index in [1.54, 1.807) is 0 Å². The first-order valence-corrected chi connectivity index (χ1v) is 8.20. The fourth-order valence-corrected chi connectivity index (χ4v) is 3.36. The van der Waals surface area contributed by atoms with Crippen molar-refractivity contribution >= 4 is 12.0 Å². The molecule has 0 aromatic carbocycles. The summed E-state index contributed by atoms with van der Waals surface area (Å²) in [5.74, 6) is -0.795. The van der Waals surface area contributed by atoms with Crippen LogP contribution < -0.4 is 10.6 Å². The van der Waals surface area contributed by atoms with Gasteiger partial charge in [-0.25, -0.2) is 4.79 Å². The van der Waals surface area contributed by atoms with Gasteiger partial charge in [-0.05, 0) is 45.8 Å². The Morgan fingerprint density at radius 2 is 2.09 bits per heavy atom. The van der Waals surface area contributed by atoms with Crippen LogP contribution in [0.4, 0.5) is 4.79 Å². The number of likely N-dealkylation sites (N-methyl/N-ethyl adjacent to an activating group) is 2. The van der Waals surface area contributed by atoms with Gasteiger partial charge in [0.05, 0.1) is 6.54 Å². The predicted molar refractivity (Wildman–Crippen MR) is 83.9 cm³/mol. The van der Waals surface area contributed by atoms with Crippen molar-refractivity contribution < 1.29 is 14.7 Å².